The van der Waals surface area contributed by atoms with Crippen LogP contribution in [-0.4, -0.2) is 27.7 Å². The molecule has 0 fully saturated rings. The number of amides is 1. The molecule has 10 heteroatoms. The molecule has 0 aliphatic heterocycles. The summed E-state index contributed by atoms with van der Waals surface area (Å²) in [6, 6.07) is 10.9. The quantitative estimate of drug-likeness (QED) is 0.457. The lowest BCUT2D eigenvalue weighted by molar-refractivity contribution is -0.384. The molecule has 2 aromatic carbocycles. The Morgan fingerprint density at radius 1 is 1.28 bits per heavy atom. The number of nitrogens with zero attached hydrogens (tertiary/aromatic N) is 3. The number of anilines is 1. The van der Waals surface area contributed by atoms with E-state index in [1.807, 2.05) is 0 Å². The van der Waals surface area contributed by atoms with Gasteiger partial charge in [-0.3, -0.25) is 19.6 Å². The third kappa shape index (κ3) is 5.02. The highest BCUT2D eigenvalue weighted by atomic mass is 35.5. The number of benzene rings is 2. The molecule has 3 aromatic rings. The summed E-state index contributed by atoms with van der Waals surface area (Å²) in [5, 5.41) is 18.4. The summed E-state index contributed by atoms with van der Waals surface area (Å²) in [6.07, 6.45) is 1.53. The molecule has 150 valence electrons. The number of aromatic nitrogens is 2. The van der Waals surface area contributed by atoms with Crippen LogP contribution in [0, 0.1) is 17.0 Å². The predicted molar refractivity (Wildman–Crippen MR) is 107 cm³/mol. The Labute approximate surface area is 171 Å². The van der Waals surface area contributed by atoms with Crippen LogP contribution in [-0.2, 0) is 11.3 Å². The first kappa shape index (κ1) is 20.2. The number of nitrogens with one attached hydrogen (secondary N) is 1. The molecular weight excluding hydrogens is 400 g/mol. The first-order valence-electron chi connectivity index (χ1n) is 8.45. The Balaban J connectivity index is 1.82. The third-order valence-electron chi connectivity index (χ3n) is 3.87. The van der Waals surface area contributed by atoms with E-state index in [2.05, 4.69) is 10.4 Å². The predicted octanol–water partition coefficient (Wildman–Crippen LogP) is 4.19. The van der Waals surface area contributed by atoms with Crippen molar-refractivity contribution in [1.29, 1.82) is 0 Å². The maximum Gasteiger partial charge on any atom is 0.275 e. The highest BCUT2D eigenvalue weighted by Gasteiger charge is 2.15. The lowest BCUT2D eigenvalue weighted by Crippen LogP contribution is -2.19. The van der Waals surface area contributed by atoms with E-state index < -0.39 is 10.8 Å². The number of nitro groups is 1. The lowest BCUT2D eigenvalue weighted by atomic mass is 10.2. The van der Waals surface area contributed by atoms with Crippen molar-refractivity contribution in [3.63, 3.8) is 0 Å². The number of hydrogen-bond acceptors (Lipinski definition) is 6. The monoisotopic (exact) mass is 416 g/mol. The molecule has 0 aliphatic rings. The number of carbonyl (C=O) groups excluding carboxylic acids is 1. The summed E-state index contributed by atoms with van der Waals surface area (Å²) < 4.78 is 12.3. The maximum atomic E-state index is 12.3. The molecule has 1 heterocycles. The normalized spacial score (nSPS) is 10.4. The molecule has 0 unspecified atom stereocenters. The molecule has 1 N–H and O–H groups in total. The number of rotatable bonds is 7. The molecule has 0 saturated heterocycles. The Kier molecular flexibility index (Phi) is 5.99. The Morgan fingerprint density at radius 2 is 2.00 bits per heavy atom. The number of para-hydroxylation sites is 2. The van der Waals surface area contributed by atoms with Gasteiger partial charge in [0.05, 0.1) is 34.5 Å². The first-order chi connectivity index (χ1) is 13.9. The number of methoxy groups -OCH3 is 1. The molecule has 0 radical (unpaired) electrons. The Morgan fingerprint density at radius 3 is 2.62 bits per heavy atom. The standard InChI is InChI=1S/C19H17ClN4O5/c1-12-16(20)10-23(22-12)11-19(25)21-13-7-14(24(26)27)9-15(8-13)29-18-6-4-3-5-17(18)28-2/h3-10H,11H2,1-2H3,(H,21,25). The van der Waals surface area contributed by atoms with Gasteiger partial charge in [0.15, 0.2) is 11.5 Å². The fraction of sp³-hybridized carbons (Fsp3) is 0.158. The van der Waals surface area contributed by atoms with Crippen molar-refractivity contribution in [3.05, 3.63) is 69.5 Å². The van der Waals surface area contributed by atoms with Crippen LogP contribution >= 0.6 is 11.6 Å². The highest BCUT2D eigenvalue weighted by molar-refractivity contribution is 6.31. The van der Waals surface area contributed by atoms with E-state index in [0.717, 1.165) is 0 Å². The van der Waals surface area contributed by atoms with Gasteiger partial charge in [0.2, 0.25) is 5.91 Å². The van der Waals surface area contributed by atoms with Crippen LogP contribution in [0.2, 0.25) is 5.02 Å². The largest absolute Gasteiger partial charge is 0.493 e. The second-order valence-corrected chi connectivity index (χ2v) is 6.44. The van der Waals surface area contributed by atoms with Crippen LogP contribution < -0.4 is 14.8 Å². The molecular formula is C19H17ClN4O5. The number of carbonyl (C=O) groups is 1. The zero-order valence-corrected chi connectivity index (χ0v) is 16.3. The van der Waals surface area contributed by atoms with E-state index in [1.54, 1.807) is 31.2 Å². The van der Waals surface area contributed by atoms with Gasteiger partial charge in [-0.1, -0.05) is 23.7 Å². The average molecular weight is 417 g/mol. The summed E-state index contributed by atoms with van der Waals surface area (Å²) >= 11 is 5.93. The van der Waals surface area contributed by atoms with Gasteiger partial charge >= 0.3 is 0 Å². The fourth-order valence-electron chi connectivity index (χ4n) is 2.57. The number of nitro benzene ring substituents is 1. The van der Waals surface area contributed by atoms with Crippen LogP contribution in [0.25, 0.3) is 0 Å². The lowest BCUT2D eigenvalue weighted by Gasteiger charge is -2.12. The molecule has 3 rings (SSSR count). The smallest absolute Gasteiger partial charge is 0.275 e. The van der Waals surface area contributed by atoms with Crippen molar-refractivity contribution in [2.75, 3.05) is 12.4 Å². The second-order valence-electron chi connectivity index (χ2n) is 6.03. The molecule has 0 aliphatic carbocycles. The summed E-state index contributed by atoms with van der Waals surface area (Å²) in [4.78, 5) is 23.0. The Bertz CT molecular complexity index is 1050. The minimum atomic E-state index is -0.568. The van der Waals surface area contributed by atoms with E-state index in [0.29, 0.717) is 22.2 Å². The van der Waals surface area contributed by atoms with E-state index in [-0.39, 0.29) is 23.7 Å². The van der Waals surface area contributed by atoms with Crippen molar-refractivity contribution in [2.24, 2.45) is 0 Å². The van der Waals surface area contributed by atoms with Gasteiger partial charge in [0.25, 0.3) is 5.69 Å². The summed E-state index contributed by atoms with van der Waals surface area (Å²) in [7, 11) is 1.49. The van der Waals surface area contributed by atoms with Crippen LogP contribution in [0.5, 0.6) is 17.2 Å². The molecule has 0 saturated carbocycles. The average Bonchev–Trinajstić information content (AvgIpc) is 2.98. The highest BCUT2D eigenvalue weighted by Crippen LogP contribution is 2.34. The zero-order valence-electron chi connectivity index (χ0n) is 15.6. The number of hydrogen-bond donors (Lipinski definition) is 1. The van der Waals surface area contributed by atoms with Crippen molar-refractivity contribution in [2.45, 2.75) is 13.5 Å². The van der Waals surface area contributed by atoms with Gasteiger partial charge in [0, 0.05) is 18.3 Å². The van der Waals surface area contributed by atoms with Crippen LogP contribution in [0.1, 0.15) is 5.69 Å². The minimum Gasteiger partial charge on any atom is -0.493 e. The fourth-order valence-corrected chi connectivity index (χ4v) is 2.72. The maximum absolute atomic E-state index is 12.3. The van der Waals surface area contributed by atoms with Gasteiger partial charge in [-0.05, 0) is 19.1 Å². The zero-order chi connectivity index (χ0) is 21.0. The molecule has 29 heavy (non-hydrogen) atoms. The summed E-state index contributed by atoms with van der Waals surface area (Å²) in [5.41, 5.74) is 0.581. The second kappa shape index (κ2) is 8.61. The summed E-state index contributed by atoms with van der Waals surface area (Å²) in [5.74, 6) is 0.606. The van der Waals surface area contributed by atoms with Gasteiger partial charge in [-0.15, -0.1) is 0 Å². The van der Waals surface area contributed by atoms with Crippen molar-refractivity contribution in [1.82, 2.24) is 9.78 Å². The van der Waals surface area contributed by atoms with Gasteiger partial charge in [-0.25, -0.2) is 0 Å². The number of ether oxygens (including phenoxy) is 2. The molecule has 0 atom stereocenters. The number of aryl methyl sites for hydroxylation is 1. The van der Waals surface area contributed by atoms with E-state index in [1.165, 1.54) is 36.2 Å². The molecule has 0 bridgehead atoms. The van der Waals surface area contributed by atoms with Gasteiger partial charge in [0.1, 0.15) is 12.3 Å². The van der Waals surface area contributed by atoms with E-state index >= 15 is 0 Å². The molecule has 9 nitrogen and oxygen atoms in total. The van der Waals surface area contributed by atoms with Crippen LogP contribution in [0.3, 0.4) is 0 Å². The molecule has 0 spiro atoms. The van der Waals surface area contributed by atoms with E-state index in [9.17, 15) is 14.9 Å². The Hall–Kier alpha value is -3.59. The van der Waals surface area contributed by atoms with Crippen molar-refractivity contribution in [3.8, 4) is 17.2 Å². The number of non-ortho nitro benzene ring substituents is 1. The topological polar surface area (TPSA) is 109 Å². The van der Waals surface area contributed by atoms with Crippen LogP contribution in [0.15, 0.2) is 48.7 Å². The molecule has 1 amide bonds. The minimum absolute atomic E-state index is 0.0983. The van der Waals surface area contributed by atoms with Crippen LogP contribution in [0.4, 0.5) is 11.4 Å². The van der Waals surface area contributed by atoms with E-state index in [4.69, 9.17) is 21.1 Å². The van der Waals surface area contributed by atoms with Gasteiger partial charge in [-0.2, -0.15) is 5.10 Å². The number of halogens is 1. The van der Waals surface area contributed by atoms with Gasteiger partial charge < -0.3 is 14.8 Å². The first-order valence-corrected chi connectivity index (χ1v) is 8.83. The SMILES string of the molecule is COc1ccccc1Oc1cc(NC(=O)Cn2cc(Cl)c(C)n2)cc([N+](=O)[O-])c1. The van der Waals surface area contributed by atoms with Crippen molar-refractivity contribution < 1.29 is 19.2 Å². The third-order valence-corrected chi connectivity index (χ3v) is 4.25. The van der Waals surface area contributed by atoms with Crippen molar-refractivity contribution >= 4 is 28.9 Å². The molecule has 1 aromatic heterocycles. The summed E-state index contributed by atoms with van der Waals surface area (Å²) in [6.45, 7) is 1.62.